The van der Waals surface area contributed by atoms with E-state index in [2.05, 4.69) is 24.1 Å². The Labute approximate surface area is 180 Å². The smallest absolute Gasteiger partial charge is 0.328 e. The van der Waals surface area contributed by atoms with Crippen molar-refractivity contribution < 1.29 is 9.53 Å². The zero-order valence-electron chi connectivity index (χ0n) is 18.7. The van der Waals surface area contributed by atoms with E-state index in [9.17, 15) is 4.79 Å². The minimum absolute atomic E-state index is 0.0642. The largest absolute Gasteiger partial charge is 0.497 e. The number of ether oxygens (including phenoxy) is 1. The van der Waals surface area contributed by atoms with Crippen LogP contribution in [0.3, 0.4) is 0 Å². The summed E-state index contributed by atoms with van der Waals surface area (Å²) in [7, 11) is 1.67. The number of likely N-dealkylation sites (tertiary alicyclic amines) is 1. The molecule has 6 nitrogen and oxygen atoms in total. The molecule has 3 fully saturated rings. The highest BCUT2D eigenvalue weighted by Gasteiger charge is 2.53. The van der Waals surface area contributed by atoms with Crippen LogP contribution in [0.25, 0.3) is 0 Å². The second-order valence-corrected chi connectivity index (χ2v) is 9.48. The van der Waals surface area contributed by atoms with Crippen LogP contribution in [-0.4, -0.2) is 55.1 Å². The predicted octanol–water partition coefficient (Wildman–Crippen LogP) is 4.45. The van der Waals surface area contributed by atoms with Crippen molar-refractivity contribution >= 4 is 17.6 Å². The van der Waals surface area contributed by atoms with Crippen LogP contribution in [0.15, 0.2) is 29.3 Å². The van der Waals surface area contributed by atoms with Crippen LogP contribution in [0.1, 0.15) is 58.8 Å². The molecule has 2 aliphatic heterocycles. The molecule has 1 atom stereocenters. The number of nitrogens with one attached hydrogen (secondary N) is 1. The Morgan fingerprint density at radius 2 is 2.07 bits per heavy atom. The van der Waals surface area contributed by atoms with E-state index in [-0.39, 0.29) is 6.03 Å². The molecule has 2 saturated heterocycles. The number of amides is 2. The number of aliphatic imine (C=N–C) groups is 1. The summed E-state index contributed by atoms with van der Waals surface area (Å²) in [6, 6.07) is 8.13. The van der Waals surface area contributed by atoms with E-state index in [0.29, 0.717) is 12.0 Å². The molecular weight excluding hydrogens is 376 g/mol. The number of nitrogens with zero attached hydrogens (tertiary/aromatic N) is 3. The average Bonchev–Trinajstić information content (AvgIpc) is 3.33. The molecule has 1 unspecified atom stereocenters. The third-order valence-electron chi connectivity index (χ3n) is 6.82. The molecule has 4 rings (SSSR count). The first-order valence-electron chi connectivity index (χ1n) is 11.6. The lowest BCUT2D eigenvalue weighted by Gasteiger charge is -2.45. The number of hydrogen-bond acceptors (Lipinski definition) is 4. The molecule has 1 aliphatic carbocycles. The molecule has 2 amide bonds. The fourth-order valence-electron chi connectivity index (χ4n) is 5.19. The van der Waals surface area contributed by atoms with Crippen molar-refractivity contribution in [3.05, 3.63) is 24.3 Å². The maximum atomic E-state index is 13.3. The van der Waals surface area contributed by atoms with Gasteiger partial charge >= 0.3 is 6.03 Å². The highest BCUT2D eigenvalue weighted by Crippen LogP contribution is 2.38. The number of rotatable bonds is 6. The summed E-state index contributed by atoms with van der Waals surface area (Å²) in [6.07, 6.45) is 7.91. The van der Waals surface area contributed by atoms with Crippen molar-refractivity contribution in [1.29, 1.82) is 0 Å². The number of hydrogen-bond donors (Lipinski definition) is 1. The Kier molecular flexibility index (Phi) is 6.32. The number of carbonyl (C=O) groups is 1. The summed E-state index contributed by atoms with van der Waals surface area (Å²) in [5.41, 5.74) is 0.468. The Balaban J connectivity index is 1.71. The maximum absolute atomic E-state index is 13.3. The summed E-state index contributed by atoms with van der Waals surface area (Å²) < 4.78 is 5.45. The van der Waals surface area contributed by atoms with Gasteiger partial charge in [0.05, 0.1) is 18.8 Å². The number of piperidine rings is 1. The van der Waals surface area contributed by atoms with Gasteiger partial charge in [0.25, 0.3) is 0 Å². The van der Waals surface area contributed by atoms with E-state index in [0.717, 1.165) is 62.6 Å². The van der Waals surface area contributed by atoms with Crippen molar-refractivity contribution in [3.8, 4) is 5.75 Å². The Morgan fingerprint density at radius 1 is 1.27 bits per heavy atom. The standard InChI is InChI=1S/C24H36N4O2/c1-18(2)12-15-27-14-7-13-24(17-27)22(25-19-8-4-5-9-19)26-23(29)28(24)20-10-6-11-21(16-20)30-3/h6,10-11,16,18-19H,4-5,7-9,12-15,17H2,1-3H3,(H,25,26,29). The van der Waals surface area contributed by atoms with E-state index >= 15 is 0 Å². The molecule has 1 N–H and O–H groups in total. The maximum Gasteiger partial charge on any atom is 0.328 e. The Morgan fingerprint density at radius 3 is 2.80 bits per heavy atom. The fraction of sp³-hybridized carbons (Fsp3) is 0.667. The zero-order valence-corrected chi connectivity index (χ0v) is 18.7. The quantitative estimate of drug-likeness (QED) is 0.751. The van der Waals surface area contributed by atoms with Crippen LogP contribution in [0.5, 0.6) is 5.75 Å². The number of benzene rings is 1. The predicted molar refractivity (Wildman–Crippen MR) is 122 cm³/mol. The summed E-state index contributed by atoms with van der Waals surface area (Å²) >= 11 is 0. The summed E-state index contributed by atoms with van der Waals surface area (Å²) in [5, 5.41) is 3.18. The van der Waals surface area contributed by atoms with Gasteiger partial charge in [-0.2, -0.15) is 0 Å². The first kappa shape index (κ1) is 21.2. The normalized spacial score (nSPS) is 26.9. The highest BCUT2D eigenvalue weighted by molar-refractivity contribution is 6.19. The van der Waals surface area contributed by atoms with Gasteiger partial charge in [0.15, 0.2) is 0 Å². The second kappa shape index (κ2) is 8.96. The van der Waals surface area contributed by atoms with Crippen molar-refractivity contribution in [2.75, 3.05) is 31.6 Å². The van der Waals surface area contributed by atoms with Gasteiger partial charge in [0, 0.05) is 12.6 Å². The minimum Gasteiger partial charge on any atom is -0.497 e. The number of amidine groups is 1. The number of urea groups is 1. The molecule has 1 aromatic rings. The van der Waals surface area contributed by atoms with Crippen LogP contribution in [-0.2, 0) is 0 Å². The molecule has 1 saturated carbocycles. The molecule has 6 heteroatoms. The summed E-state index contributed by atoms with van der Waals surface area (Å²) in [4.78, 5) is 22.9. The van der Waals surface area contributed by atoms with Gasteiger partial charge in [-0.3, -0.25) is 15.2 Å². The van der Waals surface area contributed by atoms with Gasteiger partial charge in [-0.05, 0) is 63.2 Å². The molecule has 3 aliphatic rings. The average molecular weight is 413 g/mol. The van der Waals surface area contributed by atoms with Gasteiger partial charge in [0.2, 0.25) is 0 Å². The van der Waals surface area contributed by atoms with E-state index in [4.69, 9.17) is 9.73 Å². The topological polar surface area (TPSA) is 57.2 Å². The van der Waals surface area contributed by atoms with Crippen LogP contribution < -0.4 is 15.0 Å². The molecule has 164 valence electrons. The van der Waals surface area contributed by atoms with Gasteiger partial charge in [-0.1, -0.05) is 32.8 Å². The molecule has 30 heavy (non-hydrogen) atoms. The fourth-order valence-corrected chi connectivity index (χ4v) is 5.19. The molecular formula is C24H36N4O2. The van der Waals surface area contributed by atoms with Crippen LogP contribution in [0, 0.1) is 5.92 Å². The second-order valence-electron chi connectivity index (χ2n) is 9.48. The molecule has 0 radical (unpaired) electrons. The lowest BCUT2D eigenvalue weighted by Crippen LogP contribution is -2.60. The van der Waals surface area contributed by atoms with Gasteiger partial charge in [-0.25, -0.2) is 4.79 Å². The van der Waals surface area contributed by atoms with E-state index in [1.54, 1.807) is 7.11 Å². The third-order valence-corrected chi connectivity index (χ3v) is 6.82. The molecule has 1 aromatic carbocycles. The third kappa shape index (κ3) is 4.20. The first-order chi connectivity index (χ1) is 14.5. The van der Waals surface area contributed by atoms with Crippen molar-refractivity contribution in [3.63, 3.8) is 0 Å². The van der Waals surface area contributed by atoms with Crippen LogP contribution >= 0.6 is 0 Å². The minimum atomic E-state index is -0.415. The highest BCUT2D eigenvalue weighted by atomic mass is 16.5. The zero-order chi connectivity index (χ0) is 21.1. The van der Waals surface area contributed by atoms with E-state index < -0.39 is 5.54 Å². The summed E-state index contributed by atoms with van der Waals surface area (Å²) in [6.45, 7) is 7.54. The molecule has 1 spiro atoms. The van der Waals surface area contributed by atoms with E-state index in [1.807, 2.05) is 29.2 Å². The lowest BCUT2D eigenvalue weighted by molar-refractivity contribution is 0.175. The van der Waals surface area contributed by atoms with Crippen molar-refractivity contribution in [2.24, 2.45) is 10.9 Å². The van der Waals surface area contributed by atoms with Gasteiger partial charge < -0.3 is 9.64 Å². The lowest BCUT2D eigenvalue weighted by atomic mass is 9.86. The van der Waals surface area contributed by atoms with Crippen LogP contribution in [0.2, 0.25) is 0 Å². The van der Waals surface area contributed by atoms with Crippen LogP contribution in [0.4, 0.5) is 10.5 Å². The van der Waals surface area contributed by atoms with Crippen molar-refractivity contribution in [1.82, 2.24) is 10.2 Å². The number of methoxy groups -OCH3 is 1. The molecule has 0 aromatic heterocycles. The number of carbonyl (C=O) groups excluding carboxylic acids is 1. The summed E-state index contributed by atoms with van der Waals surface area (Å²) in [5.74, 6) is 2.33. The van der Waals surface area contributed by atoms with Gasteiger partial charge in [-0.15, -0.1) is 0 Å². The SMILES string of the molecule is COc1cccc(N2C(=O)NC(=NC3CCCC3)C23CCCN(CCC(C)C)C3)c1. The molecule has 2 heterocycles. The number of anilines is 1. The Bertz CT molecular complexity index is 787. The first-order valence-corrected chi connectivity index (χ1v) is 11.6. The Hall–Kier alpha value is -2.08. The van der Waals surface area contributed by atoms with Gasteiger partial charge in [0.1, 0.15) is 17.1 Å². The van der Waals surface area contributed by atoms with E-state index in [1.165, 1.54) is 19.3 Å². The monoisotopic (exact) mass is 412 g/mol. The van der Waals surface area contributed by atoms with Crippen molar-refractivity contribution in [2.45, 2.75) is 70.4 Å². The molecule has 0 bridgehead atoms.